The Morgan fingerprint density at radius 3 is 2.92 bits per heavy atom. The highest BCUT2D eigenvalue weighted by Gasteiger charge is 2.13. The van der Waals surface area contributed by atoms with E-state index in [1.54, 1.807) is 10.9 Å². The minimum Gasteiger partial charge on any atom is -0.477 e. The van der Waals surface area contributed by atoms with Crippen molar-refractivity contribution in [1.29, 1.82) is 5.41 Å². The van der Waals surface area contributed by atoms with E-state index in [0.717, 1.165) is 28.1 Å². The van der Waals surface area contributed by atoms with Gasteiger partial charge in [0.1, 0.15) is 0 Å². The molecule has 0 aliphatic heterocycles. The highest BCUT2D eigenvalue weighted by atomic mass is 16.5. The van der Waals surface area contributed by atoms with Gasteiger partial charge in [-0.15, -0.1) is 0 Å². The third-order valence-corrected chi connectivity index (χ3v) is 4.02. The summed E-state index contributed by atoms with van der Waals surface area (Å²) in [5, 5.41) is 15.3. The average molecular weight is 350 g/mol. The molecular weight excluding hydrogens is 328 g/mol. The van der Waals surface area contributed by atoms with Crippen LogP contribution in [0.1, 0.15) is 23.7 Å². The number of hydrogen-bond donors (Lipinski definition) is 2. The molecule has 3 aromatic heterocycles. The second-order valence-corrected chi connectivity index (χ2v) is 5.87. The molecule has 0 radical (unpaired) electrons. The normalized spacial score (nSPS) is 10.6. The van der Waals surface area contributed by atoms with Gasteiger partial charge in [-0.1, -0.05) is 0 Å². The first-order chi connectivity index (χ1) is 12.6. The van der Waals surface area contributed by atoms with Crippen LogP contribution in [-0.4, -0.2) is 32.6 Å². The number of nitrogens with one attached hydrogen (secondary N) is 2. The van der Waals surface area contributed by atoms with Crippen LogP contribution in [0.25, 0.3) is 11.3 Å². The molecule has 0 amide bonds. The summed E-state index contributed by atoms with van der Waals surface area (Å²) in [6.45, 7) is 5.04. The molecule has 0 aliphatic rings. The number of hydrogen-bond acceptors (Lipinski definition) is 6. The van der Waals surface area contributed by atoms with Crippen molar-refractivity contribution in [2.45, 2.75) is 20.4 Å². The average Bonchev–Trinajstić information content (AvgIpc) is 3.07. The topological polar surface area (TPSA) is 88.7 Å². The van der Waals surface area contributed by atoms with Gasteiger partial charge in [0.05, 0.1) is 29.8 Å². The van der Waals surface area contributed by atoms with Crippen LogP contribution in [0.2, 0.25) is 0 Å². The molecular formula is C19H22N6O. The SMILES string of the molecule is CCOc1ncccc1-c1cc(NCc2cnn(C)c2)c(C)c(C=N)n1. The first-order valence-corrected chi connectivity index (χ1v) is 8.44. The fraction of sp³-hybridized carbons (Fsp3) is 0.263. The molecule has 134 valence electrons. The Kier molecular flexibility index (Phi) is 5.26. The summed E-state index contributed by atoms with van der Waals surface area (Å²) in [7, 11) is 1.89. The van der Waals surface area contributed by atoms with Gasteiger partial charge in [0.25, 0.3) is 0 Å². The van der Waals surface area contributed by atoms with Crippen LogP contribution in [0.15, 0.2) is 36.8 Å². The summed E-state index contributed by atoms with van der Waals surface area (Å²) >= 11 is 0. The lowest BCUT2D eigenvalue weighted by Gasteiger charge is -2.14. The summed E-state index contributed by atoms with van der Waals surface area (Å²) in [4.78, 5) is 8.90. The maximum Gasteiger partial charge on any atom is 0.222 e. The number of anilines is 1. The lowest BCUT2D eigenvalue weighted by molar-refractivity contribution is 0.328. The standard InChI is InChI=1S/C19H22N6O/c1-4-26-19-15(6-5-7-21-19)17-8-16(13(2)18(9-20)24-17)22-10-14-11-23-25(3)12-14/h5-9,11-12,20H,4,10H2,1-3H3,(H,22,24). The Bertz CT molecular complexity index is 918. The first-order valence-electron chi connectivity index (χ1n) is 8.44. The van der Waals surface area contributed by atoms with Crippen molar-refractivity contribution < 1.29 is 4.74 Å². The van der Waals surface area contributed by atoms with E-state index in [1.807, 2.05) is 51.5 Å². The second kappa shape index (κ2) is 7.77. The molecule has 2 N–H and O–H groups in total. The molecule has 0 atom stereocenters. The van der Waals surface area contributed by atoms with Crippen LogP contribution in [0.5, 0.6) is 5.88 Å². The molecule has 0 fully saturated rings. The Morgan fingerprint density at radius 1 is 1.38 bits per heavy atom. The Balaban J connectivity index is 1.98. The molecule has 0 aliphatic carbocycles. The molecule has 3 rings (SSSR count). The number of ether oxygens (including phenoxy) is 1. The predicted molar refractivity (Wildman–Crippen MR) is 102 cm³/mol. The Hall–Kier alpha value is -3.22. The molecule has 0 saturated carbocycles. The van der Waals surface area contributed by atoms with Crippen LogP contribution < -0.4 is 10.1 Å². The summed E-state index contributed by atoms with van der Waals surface area (Å²) in [6, 6.07) is 5.75. The number of nitrogens with zero attached hydrogens (tertiary/aromatic N) is 4. The zero-order valence-electron chi connectivity index (χ0n) is 15.2. The van der Waals surface area contributed by atoms with E-state index in [0.29, 0.717) is 24.7 Å². The largest absolute Gasteiger partial charge is 0.477 e. The van der Waals surface area contributed by atoms with E-state index in [-0.39, 0.29) is 0 Å². The van der Waals surface area contributed by atoms with E-state index in [4.69, 9.17) is 10.1 Å². The van der Waals surface area contributed by atoms with E-state index in [2.05, 4.69) is 20.4 Å². The van der Waals surface area contributed by atoms with Gasteiger partial charge >= 0.3 is 0 Å². The van der Waals surface area contributed by atoms with Crippen molar-refractivity contribution >= 4 is 11.9 Å². The summed E-state index contributed by atoms with van der Waals surface area (Å²) in [5.74, 6) is 0.542. The molecule has 0 aromatic carbocycles. The predicted octanol–water partition coefficient (Wildman–Crippen LogP) is 3.19. The number of aromatic nitrogens is 4. The monoisotopic (exact) mass is 350 g/mol. The van der Waals surface area contributed by atoms with Crippen molar-refractivity contribution in [3.05, 3.63) is 53.6 Å². The molecule has 7 heteroatoms. The van der Waals surface area contributed by atoms with Gasteiger partial charge in [0, 0.05) is 43.5 Å². The van der Waals surface area contributed by atoms with Crippen LogP contribution >= 0.6 is 0 Å². The van der Waals surface area contributed by atoms with Gasteiger partial charge in [0.2, 0.25) is 5.88 Å². The van der Waals surface area contributed by atoms with Gasteiger partial charge in [-0.2, -0.15) is 5.10 Å². The van der Waals surface area contributed by atoms with Crippen molar-refractivity contribution in [3.8, 4) is 17.1 Å². The van der Waals surface area contributed by atoms with Crippen molar-refractivity contribution in [3.63, 3.8) is 0 Å². The molecule has 3 aromatic rings. The van der Waals surface area contributed by atoms with Crippen molar-refractivity contribution in [2.24, 2.45) is 7.05 Å². The Labute approximate surface area is 152 Å². The smallest absolute Gasteiger partial charge is 0.222 e. The highest BCUT2D eigenvalue weighted by Crippen LogP contribution is 2.30. The fourth-order valence-electron chi connectivity index (χ4n) is 2.69. The van der Waals surface area contributed by atoms with E-state index in [9.17, 15) is 0 Å². The third kappa shape index (κ3) is 3.72. The minimum atomic E-state index is 0.527. The number of pyridine rings is 2. The van der Waals surface area contributed by atoms with Gasteiger partial charge < -0.3 is 15.5 Å². The molecule has 3 heterocycles. The lowest BCUT2D eigenvalue weighted by atomic mass is 10.1. The van der Waals surface area contributed by atoms with E-state index >= 15 is 0 Å². The zero-order chi connectivity index (χ0) is 18.5. The van der Waals surface area contributed by atoms with Gasteiger partial charge in [-0.3, -0.25) is 4.68 Å². The molecule has 0 saturated heterocycles. The summed E-state index contributed by atoms with van der Waals surface area (Å²) in [6.07, 6.45) is 6.76. The minimum absolute atomic E-state index is 0.527. The molecule has 0 unspecified atom stereocenters. The molecule has 26 heavy (non-hydrogen) atoms. The lowest BCUT2D eigenvalue weighted by Crippen LogP contribution is -2.06. The van der Waals surface area contributed by atoms with Crippen LogP contribution in [0.4, 0.5) is 5.69 Å². The maximum absolute atomic E-state index is 7.70. The van der Waals surface area contributed by atoms with E-state index in [1.165, 1.54) is 6.21 Å². The van der Waals surface area contributed by atoms with Crippen molar-refractivity contribution in [1.82, 2.24) is 19.7 Å². The molecule has 7 nitrogen and oxygen atoms in total. The summed E-state index contributed by atoms with van der Waals surface area (Å²) < 4.78 is 7.40. The molecule has 0 bridgehead atoms. The fourth-order valence-corrected chi connectivity index (χ4v) is 2.69. The highest BCUT2D eigenvalue weighted by molar-refractivity contribution is 5.82. The first kappa shape index (κ1) is 17.6. The third-order valence-electron chi connectivity index (χ3n) is 4.02. The quantitative estimate of drug-likeness (QED) is 0.639. The number of aryl methyl sites for hydroxylation is 1. The van der Waals surface area contributed by atoms with Crippen LogP contribution in [0, 0.1) is 12.3 Å². The van der Waals surface area contributed by atoms with Gasteiger partial charge in [0.15, 0.2) is 0 Å². The Morgan fingerprint density at radius 2 is 2.23 bits per heavy atom. The second-order valence-electron chi connectivity index (χ2n) is 5.87. The summed E-state index contributed by atoms with van der Waals surface area (Å²) in [5.41, 5.74) is 5.07. The van der Waals surface area contributed by atoms with Gasteiger partial charge in [-0.05, 0) is 37.6 Å². The maximum atomic E-state index is 7.70. The zero-order valence-corrected chi connectivity index (χ0v) is 15.2. The van der Waals surface area contributed by atoms with E-state index < -0.39 is 0 Å². The molecule has 0 spiro atoms. The van der Waals surface area contributed by atoms with Gasteiger partial charge in [-0.25, -0.2) is 9.97 Å². The number of rotatable bonds is 7. The van der Waals surface area contributed by atoms with Crippen molar-refractivity contribution in [2.75, 3.05) is 11.9 Å². The van der Waals surface area contributed by atoms with Crippen LogP contribution in [0.3, 0.4) is 0 Å². The van der Waals surface area contributed by atoms with Crippen LogP contribution in [-0.2, 0) is 13.6 Å².